The second-order valence-electron chi connectivity index (χ2n) is 2.83. The van der Waals surface area contributed by atoms with Gasteiger partial charge in [0.05, 0.1) is 6.61 Å². The van der Waals surface area contributed by atoms with Crippen LogP contribution in [0.2, 0.25) is 0 Å². The summed E-state index contributed by atoms with van der Waals surface area (Å²) in [6.07, 6.45) is -0.162. The van der Waals surface area contributed by atoms with Crippen LogP contribution in [0.3, 0.4) is 0 Å². The minimum atomic E-state index is -0.162. The van der Waals surface area contributed by atoms with Crippen LogP contribution in [0.1, 0.15) is 13.8 Å². The number of thioether (sulfide) groups is 1. The Morgan fingerprint density at radius 1 is 1.75 bits per heavy atom. The average Bonchev–Trinajstić information content (AvgIpc) is 2.05. The Labute approximate surface area is 77.4 Å². The van der Waals surface area contributed by atoms with Crippen LogP contribution in [0.25, 0.3) is 0 Å². The molecule has 0 bridgehead atoms. The first kappa shape index (κ1) is 9.71. The number of carbonyl (C=O) groups excluding carboxylic acids is 1. The largest absolute Gasteiger partial charge is 0.450 e. The Morgan fingerprint density at radius 2 is 2.50 bits per heavy atom. The van der Waals surface area contributed by atoms with Crippen molar-refractivity contribution in [1.82, 2.24) is 4.90 Å². The molecule has 1 fully saturated rings. The maximum absolute atomic E-state index is 11.2. The predicted molar refractivity (Wildman–Crippen MR) is 50.5 cm³/mol. The summed E-state index contributed by atoms with van der Waals surface area (Å²) in [6, 6.07) is 0. The van der Waals surface area contributed by atoms with Crippen LogP contribution in [-0.2, 0) is 4.74 Å². The molecule has 12 heavy (non-hydrogen) atoms. The maximum Gasteiger partial charge on any atom is 0.409 e. The van der Waals surface area contributed by atoms with Crippen molar-refractivity contribution in [3.05, 3.63) is 0 Å². The van der Waals surface area contributed by atoms with Crippen molar-refractivity contribution in [2.24, 2.45) is 0 Å². The number of ether oxygens (including phenoxy) is 1. The number of amides is 1. The van der Waals surface area contributed by atoms with Crippen LogP contribution in [0.4, 0.5) is 4.79 Å². The third kappa shape index (κ3) is 2.59. The van der Waals surface area contributed by atoms with E-state index in [9.17, 15) is 4.79 Å². The van der Waals surface area contributed by atoms with Crippen LogP contribution in [0.15, 0.2) is 0 Å². The van der Waals surface area contributed by atoms with Gasteiger partial charge in [-0.3, -0.25) is 0 Å². The summed E-state index contributed by atoms with van der Waals surface area (Å²) in [5.74, 6) is 1.03. The Morgan fingerprint density at radius 3 is 3.08 bits per heavy atom. The number of rotatable bonds is 1. The highest BCUT2D eigenvalue weighted by molar-refractivity contribution is 7.99. The summed E-state index contributed by atoms with van der Waals surface area (Å²) in [5.41, 5.74) is 0. The normalized spacial score (nSPS) is 23.8. The highest BCUT2D eigenvalue weighted by Gasteiger charge is 2.21. The van der Waals surface area contributed by atoms with E-state index in [4.69, 9.17) is 4.74 Å². The smallest absolute Gasteiger partial charge is 0.409 e. The molecule has 4 heteroatoms. The fourth-order valence-corrected chi connectivity index (χ4v) is 2.21. The van der Waals surface area contributed by atoms with Gasteiger partial charge in [0.25, 0.3) is 0 Å². The lowest BCUT2D eigenvalue weighted by molar-refractivity contribution is 0.109. The predicted octanol–water partition coefficient (Wildman–Crippen LogP) is 1.58. The molecule has 1 aliphatic rings. The van der Waals surface area contributed by atoms with Crippen LogP contribution in [0, 0.1) is 0 Å². The number of nitrogens with zero attached hydrogens (tertiary/aromatic N) is 1. The molecule has 1 aliphatic heterocycles. The molecule has 70 valence electrons. The van der Waals surface area contributed by atoms with E-state index in [-0.39, 0.29) is 6.09 Å². The van der Waals surface area contributed by atoms with Crippen LogP contribution in [-0.4, -0.2) is 41.7 Å². The summed E-state index contributed by atoms with van der Waals surface area (Å²) in [6.45, 7) is 6.09. The SMILES string of the molecule is CCOC(=O)N1CCSC(C)C1. The van der Waals surface area contributed by atoms with Crippen molar-refractivity contribution >= 4 is 17.9 Å². The van der Waals surface area contributed by atoms with Crippen molar-refractivity contribution in [1.29, 1.82) is 0 Å². The zero-order valence-electron chi connectivity index (χ0n) is 7.58. The van der Waals surface area contributed by atoms with Crippen molar-refractivity contribution in [3.63, 3.8) is 0 Å². The third-order valence-corrected chi connectivity index (χ3v) is 2.90. The van der Waals surface area contributed by atoms with Gasteiger partial charge in [-0.25, -0.2) is 4.79 Å². The van der Waals surface area contributed by atoms with E-state index < -0.39 is 0 Å². The highest BCUT2D eigenvalue weighted by atomic mass is 32.2. The first-order chi connectivity index (χ1) is 5.74. The molecule has 1 atom stereocenters. The van der Waals surface area contributed by atoms with Gasteiger partial charge in [0, 0.05) is 24.1 Å². The second-order valence-corrected chi connectivity index (χ2v) is 4.37. The molecule has 1 amide bonds. The summed E-state index contributed by atoms with van der Waals surface area (Å²) < 4.78 is 4.91. The Balaban J connectivity index is 2.35. The monoisotopic (exact) mass is 189 g/mol. The van der Waals surface area contributed by atoms with Gasteiger partial charge in [-0.15, -0.1) is 0 Å². The second kappa shape index (κ2) is 4.60. The van der Waals surface area contributed by atoms with Gasteiger partial charge in [0.15, 0.2) is 0 Å². The van der Waals surface area contributed by atoms with E-state index >= 15 is 0 Å². The van der Waals surface area contributed by atoms with E-state index in [0.29, 0.717) is 11.9 Å². The molecule has 0 aromatic carbocycles. The van der Waals surface area contributed by atoms with Gasteiger partial charge in [-0.2, -0.15) is 11.8 Å². The standard InChI is InChI=1S/C8H15NO2S/c1-3-11-8(10)9-4-5-12-7(2)6-9/h7H,3-6H2,1-2H3. The summed E-state index contributed by atoms with van der Waals surface area (Å²) in [5, 5.41) is 0.545. The van der Waals surface area contributed by atoms with E-state index in [0.717, 1.165) is 18.8 Å². The van der Waals surface area contributed by atoms with Gasteiger partial charge in [0.1, 0.15) is 0 Å². The van der Waals surface area contributed by atoms with E-state index in [1.54, 1.807) is 4.90 Å². The molecule has 0 aromatic rings. The zero-order valence-corrected chi connectivity index (χ0v) is 8.39. The van der Waals surface area contributed by atoms with E-state index in [1.807, 2.05) is 18.7 Å². The third-order valence-electron chi connectivity index (χ3n) is 1.77. The first-order valence-corrected chi connectivity index (χ1v) is 5.32. The molecule has 1 saturated heterocycles. The Kier molecular flexibility index (Phi) is 3.72. The van der Waals surface area contributed by atoms with Crippen molar-refractivity contribution in [3.8, 4) is 0 Å². The molecule has 1 unspecified atom stereocenters. The summed E-state index contributed by atoms with van der Waals surface area (Å²) in [4.78, 5) is 13.0. The van der Waals surface area contributed by atoms with E-state index in [1.165, 1.54) is 0 Å². The molecular formula is C8H15NO2S. The van der Waals surface area contributed by atoms with Gasteiger partial charge in [-0.1, -0.05) is 6.92 Å². The fraction of sp³-hybridized carbons (Fsp3) is 0.875. The van der Waals surface area contributed by atoms with Gasteiger partial charge in [0.2, 0.25) is 0 Å². The minimum absolute atomic E-state index is 0.162. The molecule has 0 saturated carbocycles. The van der Waals surface area contributed by atoms with Crippen molar-refractivity contribution < 1.29 is 9.53 Å². The molecule has 0 spiro atoms. The maximum atomic E-state index is 11.2. The summed E-state index contributed by atoms with van der Waals surface area (Å²) >= 11 is 1.91. The lowest BCUT2D eigenvalue weighted by Gasteiger charge is -2.29. The van der Waals surface area contributed by atoms with Gasteiger partial charge in [-0.05, 0) is 6.92 Å². The summed E-state index contributed by atoms with van der Waals surface area (Å²) in [7, 11) is 0. The molecule has 1 rings (SSSR count). The van der Waals surface area contributed by atoms with Gasteiger partial charge < -0.3 is 9.64 Å². The van der Waals surface area contributed by atoms with Gasteiger partial charge >= 0.3 is 6.09 Å². The number of hydrogen-bond donors (Lipinski definition) is 0. The average molecular weight is 189 g/mol. The highest BCUT2D eigenvalue weighted by Crippen LogP contribution is 2.17. The Bertz CT molecular complexity index is 163. The lowest BCUT2D eigenvalue weighted by atomic mass is 10.4. The molecule has 0 aromatic heterocycles. The van der Waals surface area contributed by atoms with Crippen LogP contribution >= 0.6 is 11.8 Å². The topological polar surface area (TPSA) is 29.5 Å². The molecule has 1 heterocycles. The van der Waals surface area contributed by atoms with Crippen molar-refractivity contribution in [2.75, 3.05) is 25.4 Å². The van der Waals surface area contributed by atoms with E-state index in [2.05, 4.69) is 6.92 Å². The molecule has 0 radical (unpaired) electrons. The molecule has 0 aliphatic carbocycles. The zero-order chi connectivity index (χ0) is 8.97. The minimum Gasteiger partial charge on any atom is -0.450 e. The number of hydrogen-bond acceptors (Lipinski definition) is 3. The van der Waals surface area contributed by atoms with Crippen LogP contribution < -0.4 is 0 Å². The van der Waals surface area contributed by atoms with Crippen molar-refractivity contribution in [2.45, 2.75) is 19.1 Å². The molecule has 3 nitrogen and oxygen atoms in total. The number of carbonyl (C=O) groups is 1. The fourth-order valence-electron chi connectivity index (χ4n) is 1.20. The quantitative estimate of drug-likeness (QED) is 0.627. The molecule has 0 N–H and O–H groups in total. The lowest BCUT2D eigenvalue weighted by Crippen LogP contribution is -2.41. The molecular weight excluding hydrogens is 174 g/mol. The first-order valence-electron chi connectivity index (χ1n) is 4.27. The van der Waals surface area contributed by atoms with Crippen LogP contribution in [0.5, 0.6) is 0 Å². The Hall–Kier alpha value is -0.380.